The van der Waals surface area contributed by atoms with E-state index in [1.54, 1.807) is 26.8 Å². The Morgan fingerprint density at radius 1 is 1.04 bits per heavy atom. The number of benzene rings is 2. The van der Waals surface area contributed by atoms with Crippen LogP contribution in [0.3, 0.4) is 0 Å². The first-order valence-electron chi connectivity index (χ1n) is 18.2. The summed E-state index contributed by atoms with van der Waals surface area (Å²) in [5.41, 5.74) is 5.11. The van der Waals surface area contributed by atoms with E-state index in [9.17, 15) is 23.1 Å². The van der Waals surface area contributed by atoms with E-state index in [1.165, 1.54) is 36.2 Å². The predicted octanol–water partition coefficient (Wildman–Crippen LogP) is 5.83. The van der Waals surface area contributed by atoms with Gasteiger partial charge in [-0.05, 0) is 95.8 Å². The Hall–Kier alpha value is -3.65. The van der Waals surface area contributed by atoms with Gasteiger partial charge < -0.3 is 24.0 Å². The molecular formula is C38H53N5O7S. The van der Waals surface area contributed by atoms with Gasteiger partial charge in [-0.15, -0.1) is 0 Å². The van der Waals surface area contributed by atoms with Crippen LogP contribution in [0.2, 0.25) is 0 Å². The number of ether oxygens (including phenoxy) is 2. The Balaban J connectivity index is 1.23. The summed E-state index contributed by atoms with van der Waals surface area (Å²) in [5.74, 6) is 0.300. The number of aromatic nitrogens is 1. The van der Waals surface area contributed by atoms with Crippen molar-refractivity contribution in [3.63, 3.8) is 0 Å². The van der Waals surface area contributed by atoms with E-state index in [4.69, 9.17) is 9.47 Å². The first-order chi connectivity index (χ1) is 24.1. The summed E-state index contributed by atoms with van der Waals surface area (Å²) in [7, 11) is -0.478. The molecule has 12 nitrogen and oxygen atoms in total. The number of rotatable bonds is 9. The molecule has 3 aromatic rings. The fourth-order valence-electron chi connectivity index (χ4n) is 8.02. The van der Waals surface area contributed by atoms with Gasteiger partial charge in [-0.3, -0.25) is 4.90 Å². The van der Waals surface area contributed by atoms with Crippen molar-refractivity contribution in [1.29, 1.82) is 0 Å². The number of amides is 1. The number of carbonyl (C=O) groups excluding carboxylic acids is 1. The van der Waals surface area contributed by atoms with E-state index < -0.39 is 27.9 Å². The Bertz CT molecular complexity index is 1880. The van der Waals surface area contributed by atoms with E-state index in [0.717, 1.165) is 65.9 Å². The van der Waals surface area contributed by atoms with Crippen LogP contribution in [0.15, 0.2) is 36.4 Å². The molecule has 3 heterocycles. The van der Waals surface area contributed by atoms with Crippen molar-refractivity contribution >= 4 is 33.2 Å². The number of hydrogen-bond donors (Lipinski definition) is 2. The average Bonchev–Trinajstić information content (AvgIpc) is 3.65. The molecule has 1 unspecified atom stereocenters. The quantitative estimate of drug-likeness (QED) is 0.280. The lowest BCUT2D eigenvalue weighted by Gasteiger charge is -2.34. The Labute approximate surface area is 301 Å². The molecule has 2 atom stereocenters. The molecule has 1 saturated heterocycles. The molecule has 1 aliphatic carbocycles. The molecule has 2 aromatic carbocycles. The maximum absolute atomic E-state index is 13.0. The minimum Gasteiger partial charge on any atom is -0.491 e. The van der Waals surface area contributed by atoms with Crippen LogP contribution in [0.1, 0.15) is 86.7 Å². The highest BCUT2D eigenvalue weighted by Gasteiger charge is 2.36. The molecule has 1 aromatic heterocycles. The highest BCUT2D eigenvalue weighted by atomic mass is 32.2. The van der Waals surface area contributed by atoms with Crippen LogP contribution in [0, 0.1) is 6.92 Å². The topological polar surface area (TPSA) is 134 Å². The molecule has 2 aliphatic heterocycles. The summed E-state index contributed by atoms with van der Waals surface area (Å²) in [6, 6.07) is 11.5. The van der Waals surface area contributed by atoms with Crippen LogP contribution in [0.5, 0.6) is 5.75 Å². The normalized spacial score (nSPS) is 20.5. The predicted molar refractivity (Wildman–Crippen MR) is 198 cm³/mol. The van der Waals surface area contributed by atoms with Crippen molar-refractivity contribution in [2.75, 3.05) is 46.9 Å². The molecule has 0 radical (unpaired) electrons. The van der Waals surface area contributed by atoms with Crippen molar-refractivity contribution in [2.24, 2.45) is 0 Å². The van der Waals surface area contributed by atoms with Crippen LogP contribution in [0.4, 0.5) is 4.79 Å². The minimum atomic E-state index is -4.07. The zero-order chi connectivity index (χ0) is 36.7. The van der Waals surface area contributed by atoms with E-state index in [2.05, 4.69) is 34.4 Å². The largest absolute Gasteiger partial charge is 0.491 e. The van der Waals surface area contributed by atoms with E-state index in [0.29, 0.717) is 32.0 Å². The summed E-state index contributed by atoms with van der Waals surface area (Å²) in [6.45, 7) is 11.0. The SMILES string of the molecule is Cc1cccc2c1-c1c(C3CCCCC3)c3ccc(C(=O)O)cc3n1C[C@@H](N(C)CCN1CCC(N(C)S(=O)(=O)NC(=O)OC(C)(C)C)C1)CO2. The molecule has 3 aliphatic rings. The molecule has 6 rings (SSSR count). The highest BCUT2D eigenvalue weighted by molar-refractivity contribution is 7.87. The number of aromatic carboxylic acids is 1. The van der Waals surface area contributed by atoms with Gasteiger partial charge in [-0.1, -0.05) is 37.5 Å². The number of likely N-dealkylation sites (N-methyl/N-ethyl adjacent to an activating group) is 2. The van der Waals surface area contributed by atoms with Gasteiger partial charge in [0.2, 0.25) is 0 Å². The minimum absolute atomic E-state index is 0.0137. The van der Waals surface area contributed by atoms with Gasteiger partial charge in [0, 0.05) is 55.7 Å². The lowest BCUT2D eigenvalue weighted by molar-refractivity contribution is 0.0565. The summed E-state index contributed by atoms with van der Waals surface area (Å²) in [5, 5.41) is 11.1. The number of likely N-dealkylation sites (tertiary alicyclic amines) is 1. The fourth-order valence-corrected chi connectivity index (χ4v) is 8.98. The van der Waals surface area contributed by atoms with Crippen LogP contribution < -0.4 is 9.46 Å². The number of hydrogen-bond acceptors (Lipinski definition) is 8. The smallest absolute Gasteiger partial charge is 0.422 e. The molecule has 278 valence electrons. The number of fused-ring (bicyclic) bond motifs is 5. The third-order valence-electron chi connectivity index (χ3n) is 10.8. The first kappa shape index (κ1) is 37.1. The standard InChI is InChI=1S/C38H53N5O7S/c1-25-11-10-14-32-33(25)35-34(26-12-8-7-9-13-26)30-16-15-27(36(44)45)21-31(30)43(35)23-29(24-49-32)40(5)19-20-42-18-17-28(22-42)41(6)51(47,48)39-37(46)50-38(2,3)4/h10-11,14-16,21,26,28-29H,7-9,12-13,17-20,22-24H2,1-6H3,(H,39,46)(H,44,45)/t28?,29-/m1/s1. The number of nitrogens with one attached hydrogen (secondary N) is 1. The highest BCUT2D eigenvalue weighted by Crippen LogP contribution is 2.48. The number of nitrogens with zero attached hydrogens (tertiary/aromatic N) is 4. The van der Waals surface area contributed by atoms with Crippen LogP contribution >= 0.6 is 0 Å². The van der Waals surface area contributed by atoms with Gasteiger partial charge in [0.15, 0.2) is 0 Å². The monoisotopic (exact) mass is 723 g/mol. The van der Waals surface area contributed by atoms with Gasteiger partial charge in [0.05, 0.1) is 17.3 Å². The molecule has 0 spiro atoms. The van der Waals surface area contributed by atoms with Crippen LogP contribution in [0.25, 0.3) is 22.2 Å². The van der Waals surface area contributed by atoms with E-state index in [-0.39, 0.29) is 17.6 Å². The maximum Gasteiger partial charge on any atom is 0.422 e. The number of carbonyl (C=O) groups is 2. The number of aryl methyl sites for hydroxylation is 1. The summed E-state index contributed by atoms with van der Waals surface area (Å²) in [4.78, 5) is 28.9. The molecule has 0 bridgehead atoms. The fraction of sp³-hybridized carbons (Fsp3) is 0.579. The maximum atomic E-state index is 13.0. The molecule has 2 fully saturated rings. The van der Waals surface area contributed by atoms with Crippen molar-refractivity contribution in [1.82, 2.24) is 23.4 Å². The second kappa shape index (κ2) is 14.8. The van der Waals surface area contributed by atoms with Crippen molar-refractivity contribution in [2.45, 2.75) is 96.4 Å². The molecule has 1 saturated carbocycles. The second-order valence-electron chi connectivity index (χ2n) is 15.5. The number of carboxylic acid groups (broad SMARTS) is 1. The van der Waals surface area contributed by atoms with Crippen LogP contribution in [-0.4, -0.2) is 109 Å². The lowest BCUT2D eigenvalue weighted by Crippen LogP contribution is -2.48. The third-order valence-corrected chi connectivity index (χ3v) is 12.3. The Morgan fingerprint density at radius 2 is 1.78 bits per heavy atom. The van der Waals surface area contributed by atoms with Crippen molar-refractivity contribution < 1.29 is 32.6 Å². The second-order valence-corrected chi connectivity index (χ2v) is 17.2. The molecule has 13 heteroatoms. The van der Waals surface area contributed by atoms with Gasteiger partial charge in [-0.2, -0.15) is 12.7 Å². The first-order valence-corrected chi connectivity index (χ1v) is 19.6. The molecular weight excluding hydrogens is 671 g/mol. The van der Waals surface area contributed by atoms with Gasteiger partial charge >= 0.3 is 22.3 Å². The average molecular weight is 724 g/mol. The zero-order valence-electron chi connectivity index (χ0n) is 30.8. The van der Waals surface area contributed by atoms with Gasteiger partial charge in [0.25, 0.3) is 0 Å². The Morgan fingerprint density at radius 3 is 2.49 bits per heavy atom. The summed E-state index contributed by atoms with van der Waals surface area (Å²) in [6.07, 6.45) is 5.50. The Kier molecular flexibility index (Phi) is 10.7. The van der Waals surface area contributed by atoms with E-state index in [1.807, 2.05) is 29.0 Å². The molecule has 2 N–H and O–H groups in total. The van der Waals surface area contributed by atoms with E-state index >= 15 is 0 Å². The zero-order valence-corrected chi connectivity index (χ0v) is 31.6. The molecule has 1 amide bonds. The van der Waals surface area contributed by atoms with Crippen LogP contribution in [-0.2, 0) is 21.5 Å². The third kappa shape index (κ3) is 8.06. The summed E-state index contributed by atoms with van der Waals surface area (Å²) >= 11 is 0. The molecule has 51 heavy (non-hydrogen) atoms. The number of carboxylic acids is 1. The lowest BCUT2D eigenvalue weighted by atomic mass is 9.81. The van der Waals surface area contributed by atoms with Crippen molar-refractivity contribution in [3.8, 4) is 17.0 Å². The van der Waals surface area contributed by atoms with Gasteiger partial charge in [0.1, 0.15) is 18.0 Å². The van der Waals surface area contributed by atoms with Gasteiger partial charge in [-0.25, -0.2) is 14.3 Å². The van der Waals surface area contributed by atoms with Crippen molar-refractivity contribution in [3.05, 3.63) is 53.1 Å². The summed E-state index contributed by atoms with van der Waals surface area (Å²) < 4.78 is 43.3.